The summed E-state index contributed by atoms with van der Waals surface area (Å²) in [6, 6.07) is 1.60. The Morgan fingerprint density at radius 2 is 2.11 bits per heavy atom. The highest BCUT2D eigenvalue weighted by Crippen LogP contribution is 2.32. The number of piperidine rings is 1. The molecule has 8 heteroatoms. The van der Waals surface area contributed by atoms with E-state index in [2.05, 4.69) is 9.97 Å². The molecule has 1 aliphatic heterocycles. The summed E-state index contributed by atoms with van der Waals surface area (Å²) >= 11 is 0. The lowest BCUT2D eigenvalue weighted by Gasteiger charge is -2.44. The van der Waals surface area contributed by atoms with E-state index in [1.54, 1.807) is 6.07 Å². The number of aliphatic hydroxyl groups is 1. The number of nitrogens with two attached hydrogens (primary N) is 1. The Kier molecular flexibility index (Phi) is 3.37. The first-order valence-corrected chi connectivity index (χ1v) is 7.44. The van der Waals surface area contributed by atoms with Crippen molar-refractivity contribution in [2.45, 2.75) is 24.6 Å². The molecule has 7 nitrogen and oxygen atoms in total. The third-order valence-electron chi connectivity index (χ3n) is 3.08. The van der Waals surface area contributed by atoms with Gasteiger partial charge in [0.15, 0.2) is 11.5 Å². The normalized spacial score (nSPS) is 30.3. The molecule has 18 heavy (non-hydrogen) atoms. The topological polar surface area (TPSA) is 109 Å². The van der Waals surface area contributed by atoms with Gasteiger partial charge in [0.1, 0.15) is 0 Å². The highest BCUT2D eigenvalue weighted by Gasteiger charge is 2.50. The zero-order chi connectivity index (χ0) is 13.4. The van der Waals surface area contributed by atoms with Crippen molar-refractivity contribution in [2.75, 3.05) is 12.8 Å². The Morgan fingerprint density at radius 1 is 1.50 bits per heavy atom. The lowest BCUT2D eigenvalue weighted by Crippen LogP contribution is -2.65. The number of hydrogen-bond acceptors (Lipinski definition) is 6. The highest BCUT2D eigenvalue weighted by atomic mass is 32.2. The van der Waals surface area contributed by atoms with Crippen LogP contribution in [0.25, 0.3) is 0 Å². The lowest BCUT2D eigenvalue weighted by molar-refractivity contribution is -0.0277. The zero-order valence-electron chi connectivity index (χ0n) is 10.0. The maximum Gasteiger partial charge on any atom is 0.213 e. The Morgan fingerprint density at radius 3 is 2.67 bits per heavy atom. The fourth-order valence-electron chi connectivity index (χ4n) is 2.21. The molecule has 2 heterocycles. The third kappa shape index (κ3) is 2.12. The number of aromatic nitrogens is 2. The van der Waals surface area contributed by atoms with Crippen LogP contribution >= 0.6 is 0 Å². The van der Waals surface area contributed by atoms with E-state index >= 15 is 0 Å². The van der Waals surface area contributed by atoms with Crippen LogP contribution < -0.4 is 5.73 Å². The smallest absolute Gasteiger partial charge is 0.213 e. The summed E-state index contributed by atoms with van der Waals surface area (Å²) in [6.45, 7) is 0.255. The molecule has 0 radical (unpaired) electrons. The Hall–Kier alpha value is -1.09. The summed E-state index contributed by atoms with van der Waals surface area (Å²) in [5, 5.41) is 10.1. The van der Waals surface area contributed by atoms with Crippen molar-refractivity contribution < 1.29 is 13.5 Å². The van der Waals surface area contributed by atoms with Crippen LogP contribution in [0.3, 0.4) is 0 Å². The molecule has 0 spiro atoms. The quantitative estimate of drug-likeness (QED) is 0.715. The molecular weight excluding hydrogens is 256 g/mol. The summed E-state index contributed by atoms with van der Waals surface area (Å²) < 4.78 is 24.7. The van der Waals surface area contributed by atoms with Gasteiger partial charge in [0.05, 0.1) is 12.4 Å². The lowest BCUT2D eigenvalue weighted by atomic mass is 9.94. The van der Waals surface area contributed by atoms with Crippen molar-refractivity contribution in [3.05, 3.63) is 24.3 Å². The molecule has 0 bridgehead atoms. The van der Waals surface area contributed by atoms with Gasteiger partial charge in [0.2, 0.25) is 10.0 Å². The van der Waals surface area contributed by atoms with Crippen LogP contribution in [-0.2, 0) is 15.7 Å². The Balaban J connectivity index is 2.54. The van der Waals surface area contributed by atoms with Gasteiger partial charge in [-0.25, -0.2) is 18.4 Å². The van der Waals surface area contributed by atoms with Gasteiger partial charge < -0.3 is 10.8 Å². The standard InChI is InChI=1S/C10H16N4O3S/c1-18(16,17)14-7-2-4-8(15)10(14,11)9-12-5-3-6-13-9/h3,5-6,8,15H,2,4,7,11H2,1H3. The summed E-state index contributed by atoms with van der Waals surface area (Å²) in [5.41, 5.74) is 4.54. The largest absolute Gasteiger partial charge is 0.389 e. The second-order valence-corrected chi connectivity index (χ2v) is 6.30. The molecule has 0 saturated carbocycles. The summed E-state index contributed by atoms with van der Waals surface area (Å²) in [7, 11) is -3.55. The number of hydrogen-bond donors (Lipinski definition) is 2. The molecule has 2 atom stereocenters. The van der Waals surface area contributed by atoms with Crippen LogP contribution in [0.15, 0.2) is 18.5 Å². The van der Waals surface area contributed by atoms with Crippen molar-refractivity contribution in [2.24, 2.45) is 5.73 Å². The van der Waals surface area contributed by atoms with Crippen LogP contribution in [0.4, 0.5) is 0 Å². The number of sulfonamides is 1. The SMILES string of the molecule is CS(=O)(=O)N1CCCC(O)C1(N)c1ncccn1. The van der Waals surface area contributed by atoms with Crippen molar-refractivity contribution in [3.63, 3.8) is 0 Å². The van der Waals surface area contributed by atoms with E-state index in [0.29, 0.717) is 12.8 Å². The molecule has 1 saturated heterocycles. The maximum absolute atomic E-state index is 11.8. The molecule has 1 aliphatic rings. The van der Waals surface area contributed by atoms with E-state index in [9.17, 15) is 13.5 Å². The van der Waals surface area contributed by atoms with Gasteiger partial charge in [-0.2, -0.15) is 4.31 Å². The van der Waals surface area contributed by atoms with E-state index in [4.69, 9.17) is 5.73 Å². The highest BCUT2D eigenvalue weighted by molar-refractivity contribution is 7.88. The predicted octanol–water partition coefficient (Wildman–Crippen LogP) is -0.996. The third-order valence-corrected chi connectivity index (χ3v) is 4.37. The van der Waals surface area contributed by atoms with Crippen LogP contribution in [0.2, 0.25) is 0 Å². The first-order valence-electron chi connectivity index (χ1n) is 5.59. The second-order valence-electron chi connectivity index (χ2n) is 4.39. The monoisotopic (exact) mass is 272 g/mol. The molecule has 1 aromatic heterocycles. The Labute approximate surface area is 106 Å². The van der Waals surface area contributed by atoms with Gasteiger partial charge in [0.25, 0.3) is 0 Å². The van der Waals surface area contributed by atoms with Gasteiger partial charge in [-0.3, -0.25) is 0 Å². The van der Waals surface area contributed by atoms with Crippen LogP contribution in [0.1, 0.15) is 18.7 Å². The first-order chi connectivity index (χ1) is 8.37. The molecule has 0 aliphatic carbocycles. The van der Waals surface area contributed by atoms with E-state index in [-0.39, 0.29) is 12.4 Å². The molecule has 2 unspecified atom stereocenters. The average molecular weight is 272 g/mol. The summed E-state index contributed by atoms with van der Waals surface area (Å²) in [6.07, 6.45) is 3.96. The van der Waals surface area contributed by atoms with Crippen molar-refractivity contribution in [1.29, 1.82) is 0 Å². The van der Waals surface area contributed by atoms with E-state index in [1.807, 2.05) is 0 Å². The minimum Gasteiger partial charge on any atom is -0.389 e. The minimum atomic E-state index is -3.55. The second kappa shape index (κ2) is 4.54. The van der Waals surface area contributed by atoms with Gasteiger partial charge in [0, 0.05) is 18.9 Å². The van der Waals surface area contributed by atoms with Crippen LogP contribution in [0, 0.1) is 0 Å². The van der Waals surface area contributed by atoms with Crippen LogP contribution in [0.5, 0.6) is 0 Å². The molecule has 2 rings (SSSR count). The number of aliphatic hydroxyl groups excluding tert-OH is 1. The van der Waals surface area contributed by atoms with Crippen LogP contribution in [-0.4, -0.2) is 46.7 Å². The molecule has 1 fully saturated rings. The average Bonchev–Trinajstić information content (AvgIpc) is 2.32. The maximum atomic E-state index is 11.8. The molecule has 0 amide bonds. The summed E-state index contributed by atoms with van der Waals surface area (Å²) in [4.78, 5) is 7.97. The molecule has 3 N–H and O–H groups in total. The van der Waals surface area contributed by atoms with Gasteiger partial charge in [-0.05, 0) is 18.9 Å². The minimum absolute atomic E-state index is 0.114. The summed E-state index contributed by atoms with van der Waals surface area (Å²) in [5.74, 6) is 0.114. The van der Waals surface area contributed by atoms with Gasteiger partial charge >= 0.3 is 0 Å². The predicted molar refractivity (Wildman–Crippen MR) is 64.7 cm³/mol. The fraction of sp³-hybridized carbons (Fsp3) is 0.600. The molecule has 1 aromatic rings. The van der Waals surface area contributed by atoms with E-state index in [1.165, 1.54) is 12.4 Å². The van der Waals surface area contributed by atoms with Gasteiger partial charge in [-0.1, -0.05) is 0 Å². The van der Waals surface area contributed by atoms with E-state index in [0.717, 1.165) is 10.6 Å². The molecular formula is C10H16N4O3S. The molecule has 100 valence electrons. The van der Waals surface area contributed by atoms with Crippen molar-refractivity contribution >= 4 is 10.0 Å². The Bertz CT molecular complexity index is 521. The van der Waals surface area contributed by atoms with Gasteiger partial charge in [-0.15, -0.1) is 0 Å². The first kappa shape index (κ1) is 13.3. The van der Waals surface area contributed by atoms with E-state index < -0.39 is 21.8 Å². The van der Waals surface area contributed by atoms with Crippen molar-refractivity contribution in [3.8, 4) is 0 Å². The number of rotatable bonds is 2. The fourth-order valence-corrected chi connectivity index (χ4v) is 3.42. The zero-order valence-corrected chi connectivity index (χ0v) is 10.8. The number of nitrogens with zero attached hydrogens (tertiary/aromatic N) is 3. The molecule has 0 aromatic carbocycles. The van der Waals surface area contributed by atoms with Crippen molar-refractivity contribution in [1.82, 2.24) is 14.3 Å².